The van der Waals surface area contributed by atoms with Crippen LogP contribution in [0.4, 0.5) is 19.0 Å². The van der Waals surface area contributed by atoms with Crippen LogP contribution < -0.4 is 5.32 Å². The maximum Gasteiger partial charge on any atom is 0.259 e. The van der Waals surface area contributed by atoms with Crippen molar-refractivity contribution in [3.63, 3.8) is 0 Å². The molecule has 0 atom stereocenters. The Morgan fingerprint density at radius 3 is 2.46 bits per heavy atom. The number of aromatic nitrogens is 2. The Morgan fingerprint density at radius 2 is 1.79 bits per heavy atom. The van der Waals surface area contributed by atoms with Gasteiger partial charge in [-0.2, -0.15) is 0 Å². The van der Waals surface area contributed by atoms with Crippen molar-refractivity contribution in [1.29, 1.82) is 0 Å². The summed E-state index contributed by atoms with van der Waals surface area (Å²) in [6, 6.07) is 8.70. The highest BCUT2D eigenvalue weighted by Crippen LogP contribution is 2.39. The van der Waals surface area contributed by atoms with Gasteiger partial charge < -0.3 is 5.32 Å². The van der Waals surface area contributed by atoms with Crippen molar-refractivity contribution in [3.8, 4) is 11.3 Å². The van der Waals surface area contributed by atoms with E-state index in [4.69, 9.17) is 11.6 Å². The van der Waals surface area contributed by atoms with Crippen molar-refractivity contribution < 1.29 is 18.0 Å². The van der Waals surface area contributed by atoms with Gasteiger partial charge in [-0.15, -0.1) is 0 Å². The smallest absolute Gasteiger partial charge is 0.259 e. The van der Waals surface area contributed by atoms with Gasteiger partial charge in [-0.25, -0.2) is 18.2 Å². The fraction of sp³-hybridized carbons (Fsp3) is 0.150. The van der Waals surface area contributed by atoms with Crippen LogP contribution in [0.5, 0.6) is 0 Å². The third-order valence-electron chi connectivity index (χ3n) is 4.48. The molecule has 1 heterocycles. The molecule has 0 saturated heterocycles. The van der Waals surface area contributed by atoms with E-state index in [1.807, 2.05) is 0 Å². The molecular weight excluding hydrogens is 391 g/mol. The number of hydrogen-bond donors (Lipinski definition) is 1. The first-order chi connectivity index (χ1) is 13.3. The molecule has 1 amide bonds. The van der Waals surface area contributed by atoms with Crippen molar-refractivity contribution in [2.45, 2.75) is 18.8 Å². The van der Waals surface area contributed by atoms with Crippen molar-refractivity contribution in [3.05, 3.63) is 76.3 Å². The summed E-state index contributed by atoms with van der Waals surface area (Å²) >= 11 is 6.23. The Bertz CT molecular complexity index is 1070. The molecule has 1 aromatic heterocycles. The summed E-state index contributed by atoms with van der Waals surface area (Å²) in [5.41, 5.74) is 1.81. The number of carbonyl (C=O) groups excluding carboxylic acids is 1. The zero-order valence-electron chi connectivity index (χ0n) is 14.3. The number of fused-ring (bicyclic) bond motifs is 1. The molecule has 8 heteroatoms. The lowest BCUT2D eigenvalue weighted by Crippen LogP contribution is -2.14. The summed E-state index contributed by atoms with van der Waals surface area (Å²) < 4.78 is 40.9. The molecule has 142 valence electrons. The van der Waals surface area contributed by atoms with E-state index in [-0.39, 0.29) is 24.2 Å². The van der Waals surface area contributed by atoms with Gasteiger partial charge in [0.1, 0.15) is 5.82 Å². The number of hydrogen-bond acceptors (Lipinski definition) is 3. The first kappa shape index (κ1) is 18.4. The minimum absolute atomic E-state index is 0.115. The van der Waals surface area contributed by atoms with Crippen LogP contribution in [0.25, 0.3) is 11.3 Å². The predicted octanol–water partition coefficient (Wildman–Crippen LogP) is 4.92. The molecule has 0 saturated carbocycles. The largest absolute Gasteiger partial charge is 0.305 e. The zero-order valence-corrected chi connectivity index (χ0v) is 15.1. The summed E-state index contributed by atoms with van der Waals surface area (Å²) in [5.74, 6) is -3.94. The molecule has 0 aliphatic heterocycles. The van der Waals surface area contributed by atoms with Gasteiger partial charge in [0.25, 0.3) is 11.8 Å². The summed E-state index contributed by atoms with van der Waals surface area (Å²) in [7, 11) is 0. The van der Waals surface area contributed by atoms with Crippen LogP contribution >= 0.6 is 11.6 Å². The number of carbonyl (C=O) groups is 1. The van der Waals surface area contributed by atoms with Crippen LogP contribution in [0.1, 0.15) is 21.5 Å². The summed E-state index contributed by atoms with van der Waals surface area (Å²) in [4.78, 5) is 20.4. The van der Waals surface area contributed by atoms with Gasteiger partial charge in [0.15, 0.2) is 5.82 Å². The summed E-state index contributed by atoms with van der Waals surface area (Å²) in [6.45, 7) is 0. The first-order valence-corrected chi connectivity index (χ1v) is 8.78. The maximum absolute atomic E-state index is 13.7. The molecule has 3 aromatic rings. The van der Waals surface area contributed by atoms with Crippen LogP contribution in [0.2, 0.25) is 5.02 Å². The third-order valence-corrected chi connectivity index (χ3v) is 4.79. The normalized spacial score (nSPS) is 14.6. The van der Waals surface area contributed by atoms with E-state index >= 15 is 0 Å². The number of nitrogens with zero attached hydrogens (tertiary/aromatic N) is 2. The molecule has 28 heavy (non-hydrogen) atoms. The number of halogens is 4. The molecule has 0 bridgehead atoms. The fourth-order valence-electron chi connectivity index (χ4n) is 3.17. The van der Waals surface area contributed by atoms with E-state index in [1.165, 1.54) is 36.7 Å². The molecule has 1 aliphatic carbocycles. The minimum atomic E-state index is -2.77. The molecule has 4 rings (SSSR count). The van der Waals surface area contributed by atoms with Gasteiger partial charge in [-0.1, -0.05) is 23.7 Å². The highest BCUT2D eigenvalue weighted by atomic mass is 35.5. The molecule has 0 unspecified atom stereocenters. The Kier molecular flexibility index (Phi) is 4.55. The van der Waals surface area contributed by atoms with Crippen LogP contribution in [0, 0.1) is 5.82 Å². The van der Waals surface area contributed by atoms with Crippen LogP contribution in [0.15, 0.2) is 48.8 Å². The summed E-state index contributed by atoms with van der Waals surface area (Å²) in [6.07, 6.45) is 2.01. The molecule has 0 radical (unpaired) electrons. The molecule has 4 nitrogen and oxygen atoms in total. The van der Waals surface area contributed by atoms with E-state index in [0.717, 1.165) is 0 Å². The van der Waals surface area contributed by atoms with Gasteiger partial charge in [-0.05, 0) is 35.4 Å². The quantitative estimate of drug-likeness (QED) is 0.675. The molecule has 2 aromatic carbocycles. The Balaban J connectivity index is 1.56. The topological polar surface area (TPSA) is 54.9 Å². The predicted molar refractivity (Wildman–Crippen MR) is 99.2 cm³/mol. The Hall–Kier alpha value is -2.93. The monoisotopic (exact) mass is 403 g/mol. The number of rotatable bonds is 3. The second-order valence-electron chi connectivity index (χ2n) is 6.53. The second kappa shape index (κ2) is 6.91. The standard InChI is InChI=1S/C20H13ClF3N3O/c21-15-6-12-8-20(23,24)7-11(12)5-14(15)17-9-26-18(10-25-17)27-19(28)13-3-1-2-4-16(13)22/h1-6,9-10H,7-8H2,(H,26,27,28). The molecule has 0 spiro atoms. The van der Waals surface area contributed by atoms with Gasteiger partial charge in [-0.3, -0.25) is 9.78 Å². The first-order valence-electron chi connectivity index (χ1n) is 8.40. The van der Waals surface area contributed by atoms with Crippen molar-refractivity contribution in [2.24, 2.45) is 0 Å². The average molecular weight is 404 g/mol. The maximum atomic E-state index is 13.7. The Morgan fingerprint density at radius 1 is 1.07 bits per heavy atom. The molecule has 1 aliphatic rings. The lowest BCUT2D eigenvalue weighted by Gasteiger charge is -2.09. The molecule has 0 fully saturated rings. The fourth-order valence-corrected chi connectivity index (χ4v) is 3.45. The van der Waals surface area contributed by atoms with Gasteiger partial charge in [0.2, 0.25) is 0 Å². The van der Waals surface area contributed by atoms with Crippen molar-refractivity contribution >= 4 is 23.3 Å². The number of nitrogens with one attached hydrogen (secondary N) is 1. The number of amides is 1. The number of benzene rings is 2. The molecule has 1 N–H and O–H groups in total. The van der Waals surface area contributed by atoms with Crippen LogP contribution in [-0.2, 0) is 12.8 Å². The van der Waals surface area contributed by atoms with E-state index < -0.39 is 17.6 Å². The van der Waals surface area contributed by atoms with E-state index in [0.29, 0.717) is 27.4 Å². The lowest BCUT2D eigenvalue weighted by molar-refractivity contribution is 0.0130. The average Bonchev–Trinajstić information content (AvgIpc) is 2.95. The third kappa shape index (κ3) is 3.57. The van der Waals surface area contributed by atoms with Gasteiger partial charge >= 0.3 is 0 Å². The lowest BCUT2D eigenvalue weighted by atomic mass is 10.0. The highest BCUT2D eigenvalue weighted by Gasteiger charge is 2.37. The second-order valence-corrected chi connectivity index (χ2v) is 6.94. The van der Waals surface area contributed by atoms with E-state index in [2.05, 4.69) is 15.3 Å². The van der Waals surface area contributed by atoms with E-state index in [9.17, 15) is 18.0 Å². The SMILES string of the molecule is O=C(Nc1cnc(-c2cc3c(cc2Cl)CC(F)(F)C3)cn1)c1ccccc1F. The summed E-state index contributed by atoms with van der Waals surface area (Å²) in [5, 5.41) is 2.76. The Labute approximate surface area is 163 Å². The van der Waals surface area contributed by atoms with Gasteiger partial charge in [0, 0.05) is 18.4 Å². The van der Waals surface area contributed by atoms with E-state index in [1.54, 1.807) is 12.1 Å². The minimum Gasteiger partial charge on any atom is -0.305 e. The highest BCUT2D eigenvalue weighted by molar-refractivity contribution is 6.33. The number of anilines is 1. The van der Waals surface area contributed by atoms with Crippen LogP contribution in [-0.4, -0.2) is 21.8 Å². The zero-order chi connectivity index (χ0) is 19.9. The van der Waals surface area contributed by atoms with Gasteiger partial charge in [0.05, 0.1) is 28.7 Å². The van der Waals surface area contributed by atoms with Crippen molar-refractivity contribution in [1.82, 2.24) is 9.97 Å². The van der Waals surface area contributed by atoms with Crippen LogP contribution in [0.3, 0.4) is 0 Å². The van der Waals surface area contributed by atoms with Crippen molar-refractivity contribution in [2.75, 3.05) is 5.32 Å². The number of alkyl halides is 2. The molecular formula is C20H13ClF3N3O.